The van der Waals surface area contributed by atoms with E-state index in [0.717, 1.165) is 6.42 Å². The summed E-state index contributed by atoms with van der Waals surface area (Å²) in [5, 5.41) is 10.4. The average molecular weight is 136 g/mol. The van der Waals surface area contributed by atoms with Gasteiger partial charge < -0.3 is 11.1 Å². The van der Waals surface area contributed by atoms with Crippen molar-refractivity contribution in [1.82, 2.24) is 5.32 Å². The molecule has 0 aromatic heterocycles. The molecule has 0 saturated carbocycles. The summed E-state index contributed by atoms with van der Waals surface area (Å²) < 4.78 is 0. The molecular weight excluding hydrogens is 126 g/mol. The number of hydrogen-bond donors (Lipinski definition) is 2. The van der Waals surface area contributed by atoms with Crippen LogP contribution in [0.5, 0.6) is 0 Å². The summed E-state index contributed by atoms with van der Waals surface area (Å²) in [4.78, 5) is 0. The maximum absolute atomic E-state index is 7.89. The Balaban J connectivity index is 0. The fraction of sp³-hybridized carbons (Fsp3) is 0.750. The van der Waals surface area contributed by atoms with Crippen LogP contribution in [0.2, 0.25) is 0 Å². The van der Waals surface area contributed by atoms with Crippen molar-refractivity contribution in [2.24, 2.45) is 5.73 Å². The van der Waals surface area contributed by atoms with E-state index in [-0.39, 0.29) is 12.4 Å². The van der Waals surface area contributed by atoms with E-state index in [1.54, 1.807) is 6.19 Å². The fourth-order valence-electron chi connectivity index (χ4n) is 0.246. The Hall–Kier alpha value is -0.460. The van der Waals surface area contributed by atoms with Crippen molar-refractivity contribution in [3.63, 3.8) is 0 Å². The molecule has 0 amide bonds. The first kappa shape index (κ1) is 10.5. The third kappa shape index (κ3) is 9.11. The summed E-state index contributed by atoms with van der Waals surface area (Å²) in [5.41, 5.74) is 5.12. The zero-order chi connectivity index (χ0) is 5.54. The van der Waals surface area contributed by atoms with Gasteiger partial charge in [0, 0.05) is 6.54 Å². The molecule has 48 valence electrons. The number of nitriles is 1. The van der Waals surface area contributed by atoms with E-state index in [4.69, 9.17) is 11.0 Å². The van der Waals surface area contributed by atoms with E-state index in [1.807, 2.05) is 0 Å². The quantitative estimate of drug-likeness (QED) is 0.321. The fourth-order valence-corrected chi connectivity index (χ4v) is 0.246. The Morgan fingerprint density at radius 1 is 1.62 bits per heavy atom. The first-order valence-electron chi connectivity index (χ1n) is 2.24. The van der Waals surface area contributed by atoms with Gasteiger partial charge in [-0.25, -0.2) is 0 Å². The Labute approximate surface area is 55.3 Å². The van der Waals surface area contributed by atoms with Crippen LogP contribution in [0.4, 0.5) is 0 Å². The number of halogens is 1. The Morgan fingerprint density at radius 3 is 2.62 bits per heavy atom. The SMILES string of the molecule is Cl.N#CNCCCN. The minimum absolute atomic E-state index is 0. The van der Waals surface area contributed by atoms with Crippen LogP contribution in [-0.4, -0.2) is 13.1 Å². The van der Waals surface area contributed by atoms with Gasteiger partial charge in [-0.3, -0.25) is 0 Å². The van der Waals surface area contributed by atoms with Crippen molar-refractivity contribution < 1.29 is 0 Å². The molecule has 0 fully saturated rings. The first-order valence-corrected chi connectivity index (χ1v) is 2.24. The number of nitrogens with two attached hydrogens (primary N) is 1. The molecule has 0 spiro atoms. The predicted molar refractivity (Wildman–Crippen MR) is 34.5 cm³/mol. The smallest absolute Gasteiger partial charge is 0.176 e. The normalized spacial score (nSPS) is 6.50. The topological polar surface area (TPSA) is 61.8 Å². The largest absolute Gasteiger partial charge is 0.330 e. The minimum atomic E-state index is 0. The van der Waals surface area contributed by atoms with Crippen LogP contribution in [0.1, 0.15) is 6.42 Å². The van der Waals surface area contributed by atoms with Crippen LogP contribution in [0, 0.1) is 11.5 Å². The standard InChI is InChI=1S/C4H9N3.ClH/c5-2-1-3-7-4-6;/h7H,1-3,5H2;1H. The second-order valence-electron chi connectivity index (χ2n) is 1.18. The highest BCUT2D eigenvalue weighted by molar-refractivity contribution is 5.85. The van der Waals surface area contributed by atoms with Crippen LogP contribution in [0.3, 0.4) is 0 Å². The van der Waals surface area contributed by atoms with Gasteiger partial charge in [0.05, 0.1) is 0 Å². The molecule has 0 aromatic carbocycles. The maximum atomic E-state index is 7.89. The van der Waals surface area contributed by atoms with E-state index in [1.165, 1.54) is 0 Å². The van der Waals surface area contributed by atoms with Gasteiger partial charge in [0.2, 0.25) is 0 Å². The summed E-state index contributed by atoms with van der Waals surface area (Å²) in [6.07, 6.45) is 2.67. The molecule has 0 heterocycles. The molecule has 4 heteroatoms. The summed E-state index contributed by atoms with van der Waals surface area (Å²) in [6.45, 7) is 1.35. The lowest BCUT2D eigenvalue weighted by Crippen LogP contribution is -2.11. The van der Waals surface area contributed by atoms with Crippen molar-refractivity contribution in [2.45, 2.75) is 6.42 Å². The number of nitrogens with one attached hydrogen (secondary N) is 1. The van der Waals surface area contributed by atoms with Gasteiger partial charge in [0.25, 0.3) is 0 Å². The van der Waals surface area contributed by atoms with E-state index in [2.05, 4.69) is 5.32 Å². The highest BCUT2D eigenvalue weighted by Gasteiger charge is 1.76. The van der Waals surface area contributed by atoms with Gasteiger partial charge >= 0.3 is 0 Å². The second kappa shape index (κ2) is 9.74. The lowest BCUT2D eigenvalue weighted by atomic mass is 10.4. The third-order valence-corrected chi connectivity index (χ3v) is 0.585. The molecule has 0 bridgehead atoms. The predicted octanol–water partition coefficient (Wildman–Crippen LogP) is -0.172. The summed E-state index contributed by atoms with van der Waals surface area (Å²) in [5.74, 6) is 0. The molecule has 0 atom stereocenters. The van der Waals surface area contributed by atoms with E-state index in [9.17, 15) is 0 Å². The lowest BCUT2D eigenvalue weighted by molar-refractivity contribution is 0.769. The molecule has 0 aliphatic carbocycles. The number of nitrogens with zero attached hydrogens (tertiary/aromatic N) is 1. The van der Waals surface area contributed by atoms with Crippen LogP contribution in [-0.2, 0) is 0 Å². The minimum Gasteiger partial charge on any atom is -0.330 e. The van der Waals surface area contributed by atoms with Crippen LogP contribution in [0.25, 0.3) is 0 Å². The van der Waals surface area contributed by atoms with Crippen LogP contribution < -0.4 is 11.1 Å². The maximum Gasteiger partial charge on any atom is 0.176 e. The van der Waals surface area contributed by atoms with Crippen molar-refractivity contribution in [3.8, 4) is 6.19 Å². The second-order valence-corrected chi connectivity index (χ2v) is 1.18. The van der Waals surface area contributed by atoms with Gasteiger partial charge in [-0.2, -0.15) is 5.26 Å². The molecule has 0 aliphatic heterocycles. The monoisotopic (exact) mass is 135 g/mol. The Kier molecular flexibility index (Phi) is 12.8. The molecule has 0 rings (SSSR count). The molecule has 0 saturated heterocycles. The molecule has 0 aliphatic rings. The molecule has 0 aromatic rings. The van der Waals surface area contributed by atoms with E-state index < -0.39 is 0 Å². The Morgan fingerprint density at radius 2 is 2.25 bits per heavy atom. The van der Waals surface area contributed by atoms with Crippen molar-refractivity contribution in [1.29, 1.82) is 5.26 Å². The zero-order valence-corrected chi connectivity index (χ0v) is 5.37. The lowest BCUT2D eigenvalue weighted by Gasteiger charge is -1.89. The van der Waals surface area contributed by atoms with Gasteiger partial charge in [-0.15, -0.1) is 12.4 Å². The van der Waals surface area contributed by atoms with Crippen LogP contribution in [0.15, 0.2) is 0 Å². The number of hydrogen-bond acceptors (Lipinski definition) is 3. The highest BCUT2D eigenvalue weighted by atomic mass is 35.5. The third-order valence-electron chi connectivity index (χ3n) is 0.585. The van der Waals surface area contributed by atoms with Gasteiger partial charge in [0.15, 0.2) is 6.19 Å². The molecule has 0 radical (unpaired) electrons. The first-order chi connectivity index (χ1) is 3.41. The molecule has 8 heavy (non-hydrogen) atoms. The summed E-state index contributed by atoms with van der Waals surface area (Å²) in [7, 11) is 0. The van der Waals surface area contributed by atoms with E-state index >= 15 is 0 Å². The van der Waals surface area contributed by atoms with Crippen molar-refractivity contribution in [3.05, 3.63) is 0 Å². The molecule has 3 N–H and O–H groups in total. The van der Waals surface area contributed by atoms with Gasteiger partial charge in [-0.05, 0) is 13.0 Å². The number of rotatable bonds is 3. The van der Waals surface area contributed by atoms with E-state index in [0.29, 0.717) is 13.1 Å². The van der Waals surface area contributed by atoms with Crippen molar-refractivity contribution in [2.75, 3.05) is 13.1 Å². The molecule has 0 unspecified atom stereocenters. The summed E-state index contributed by atoms with van der Waals surface area (Å²) >= 11 is 0. The van der Waals surface area contributed by atoms with Gasteiger partial charge in [0.1, 0.15) is 0 Å². The molecule has 3 nitrogen and oxygen atoms in total. The summed E-state index contributed by atoms with van der Waals surface area (Å²) in [6, 6.07) is 0. The van der Waals surface area contributed by atoms with Crippen molar-refractivity contribution >= 4 is 12.4 Å². The zero-order valence-electron chi connectivity index (χ0n) is 4.55. The molecular formula is C4H10ClN3. The Bertz CT molecular complexity index is 68.2. The highest BCUT2D eigenvalue weighted by Crippen LogP contribution is 1.64. The van der Waals surface area contributed by atoms with Gasteiger partial charge in [-0.1, -0.05) is 0 Å². The van der Waals surface area contributed by atoms with Crippen LogP contribution >= 0.6 is 12.4 Å². The average Bonchev–Trinajstić information content (AvgIpc) is 1.69.